The number of ether oxygens (including phenoxy) is 1. The lowest BCUT2D eigenvalue weighted by Gasteiger charge is -2.07. The Morgan fingerprint density at radius 3 is 2.63 bits per heavy atom. The first-order chi connectivity index (χ1) is 9.08. The maximum Gasteiger partial charge on any atom is 0.387 e. The number of ketones is 1. The number of pyridine rings is 1. The molecule has 0 spiro atoms. The summed E-state index contributed by atoms with van der Waals surface area (Å²) in [5.41, 5.74) is 0.335. The SMILES string of the molecule is O=C(c1ccc(OC(F)F)c(O)c1)c1ccccn1. The molecule has 0 amide bonds. The second-order valence-corrected chi connectivity index (χ2v) is 3.61. The molecule has 0 radical (unpaired) electrons. The van der Waals surface area contributed by atoms with E-state index in [1.807, 2.05) is 0 Å². The summed E-state index contributed by atoms with van der Waals surface area (Å²) in [7, 11) is 0. The Kier molecular flexibility index (Phi) is 3.70. The average molecular weight is 265 g/mol. The van der Waals surface area contributed by atoms with Crippen molar-refractivity contribution >= 4 is 5.78 Å². The van der Waals surface area contributed by atoms with Crippen LogP contribution in [-0.4, -0.2) is 22.5 Å². The second kappa shape index (κ2) is 5.43. The molecule has 0 bridgehead atoms. The van der Waals surface area contributed by atoms with Gasteiger partial charge in [0.25, 0.3) is 0 Å². The Balaban J connectivity index is 2.27. The molecule has 0 saturated heterocycles. The van der Waals surface area contributed by atoms with Gasteiger partial charge in [0, 0.05) is 11.8 Å². The van der Waals surface area contributed by atoms with Gasteiger partial charge in [-0.15, -0.1) is 0 Å². The quantitative estimate of drug-likeness (QED) is 0.863. The van der Waals surface area contributed by atoms with E-state index in [9.17, 15) is 18.7 Å². The fourth-order valence-electron chi connectivity index (χ4n) is 1.50. The van der Waals surface area contributed by atoms with Crippen LogP contribution < -0.4 is 4.74 Å². The number of aromatic nitrogens is 1. The lowest BCUT2D eigenvalue weighted by atomic mass is 10.1. The van der Waals surface area contributed by atoms with E-state index in [4.69, 9.17) is 0 Å². The number of halogens is 2. The van der Waals surface area contributed by atoms with Gasteiger partial charge in [-0.05, 0) is 30.3 Å². The number of alkyl halides is 2. The third-order valence-corrected chi connectivity index (χ3v) is 2.33. The monoisotopic (exact) mass is 265 g/mol. The number of phenols is 1. The Morgan fingerprint density at radius 2 is 2.05 bits per heavy atom. The normalized spacial score (nSPS) is 10.5. The zero-order valence-electron chi connectivity index (χ0n) is 9.59. The molecule has 1 N–H and O–H groups in total. The smallest absolute Gasteiger partial charge is 0.387 e. The zero-order chi connectivity index (χ0) is 13.8. The minimum Gasteiger partial charge on any atom is -0.504 e. The van der Waals surface area contributed by atoms with E-state index in [-0.39, 0.29) is 17.0 Å². The van der Waals surface area contributed by atoms with Gasteiger partial charge in [0.1, 0.15) is 5.69 Å². The average Bonchev–Trinajstić information content (AvgIpc) is 2.41. The first kappa shape index (κ1) is 12.9. The molecule has 1 aromatic heterocycles. The summed E-state index contributed by atoms with van der Waals surface area (Å²) < 4.78 is 28.1. The molecule has 4 nitrogen and oxygen atoms in total. The molecule has 0 saturated carbocycles. The highest BCUT2D eigenvalue weighted by molar-refractivity contribution is 6.07. The van der Waals surface area contributed by atoms with Gasteiger partial charge in [-0.25, -0.2) is 0 Å². The van der Waals surface area contributed by atoms with Crippen molar-refractivity contribution in [3.05, 3.63) is 53.9 Å². The number of aromatic hydroxyl groups is 1. The number of hydrogen-bond acceptors (Lipinski definition) is 4. The van der Waals surface area contributed by atoms with Gasteiger partial charge in [-0.1, -0.05) is 6.07 Å². The van der Waals surface area contributed by atoms with Crippen LogP contribution in [0.1, 0.15) is 16.1 Å². The topological polar surface area (TPSA) is 59.4 Å². The molecule has 0 unspecified atom stereocenters. The van der Waals surface area contributed by atoms with Gasteiger partial charge < -0.3 is 9.84 Å². The predicted octanol–water partition coefficient (Wildman–Crippen LogP) is 2.62. The van der Waals surface area contributed by atoms with Crippen molar-refractivity contribution < 1.29 is 23.4 Å². The van der Waals surface area contributed by atoms with Crippen LogP contribution in [0.2, 0.25) is 0 Å². The highest BCUT2D eigenvalue weighted by atomic mass is 19.3. The molecule has 2 rings (SSSR count). The summed E-state index contributed by atoms with van der Waals surface area (Å²) in [5, 5.41) is 9.51. The molecule has 0 aliphatic rings. The van der Waals surface area contributed by atoms with Crippen molar-refractivity contribution in [2.75, 3.05) is 0 Å². The van der Waals surface area contributed by atoms with Gasteiger partial charge in [-0.2, -0.15) is 8.78 Å². The third-order valence-electron chi connectivity index (χ3n) is 2.33. The van der Waals surface area contributed by atoms with Gasteiger partial charge in [0.15, 0.2) is 11.5 Å². The summed E-state index contributed by atoms with van der Waals surface area (Å²) in [4.78, 5) is 15.8. The van der Waals surface area contributed by atoms with Gasteiger partial charge in [0.2, 0.25) is 5.78 Å². The van der Waals surface area contributed by atoms with Crippen LogP contribution in [0.15, 0.2) is 42.6 Å². The van der Waals surface area contributed by atoms with Crippen molar-refractivity contribution in [1.29, 1.82) is 0 Å². The first-order valence-electron chi connectivity index (χ1n) is 5.31. The van der Waals surface area contributed by atoms with Crippen LogP contribution in [0.5, 0.6) is 11.5 Å². The maximum absolute atomic E-state index is 12.0. The number of carbonyl (C=O) groups excluding carboxylic acids is 1. The highest BCUT2D eigenvalue weighted by Gasteiger charge is 2.14. The number of hydrogen-bond donors (Lipinski definition) is 1. The largest absolute Gasteiger partial charge is 0.504 e. The van der Waals surface area contributed by atoms with E-state index in [1.165, 1.54) is 18.3 Å². The molecule has 1 aromatic carbocycles. The van der Waals surface area contributed by atoms with Crippen LogP contribution in [-0.2, 0) is 0 Å². The van der Waals surface area contributed by atoms with Crippen molar-refractivity contribution in [3.63, 3.8) is 0 Å². The number of nitrogens with zero attached hydrogens (tertiary/aromatic N) is 1. The van der Waals surface area contributed by atoms with Crippen LogP contribution >= 0.6 is 0 Å². The summed E-state index contributed by atoms with van der Waals surface area (Å²) in [5.74, 6) is -1.32. The van der Waals surface area contributed by atoms with Crippen molar-refractivity contribution in [1.82, 2.24) is 4.98 Å². The van der Waals surface area contributed by atoms with E-state index >= 15 is 0 Å². The zero-order valence-corrected chi connectivity index (χ0v) is 9.59. The number of rotatable bonds is 4. The van der Waals surface area contributed by atoms with Crippen LogP contribution in [0, 0.1) is 0 Å². The molecule has 1 heterocycles. The summed E-state index contributed by atoms with van der Waals surface area (Å²) >= 11 is 0. The Bertz CT molecular complexity index is 588. The molecular formula is C13H9F2NO3. The maximum atomic E-state index is 12.0. The van der Waals surface area contributed by atoms with Crippen LogP contribution in [0.3, 0.4) is 0 Å². The van der Waals surface area contributed by atoms with E-state index in [2.05, 4.69) is 9.72 Å². The molecule has 98 valence electrons. The van der Waals surface area contributed by atoms with Gasteiger partial charge >= 0.3 is 6.61 Å². The predicted molar refractivity (Wildman–Crippen MR) is 62.4 cm³/mol. The van der Waals surface area contributed by atoms with Crippen molar-refractivity contribution in [3.8, 4) is 11.5 Å². The number of phenolic OH excluding ortho intramolecular Hbond substituents is 1. The number of benzene rings is 1. The van der Waals surface area contributed by atoms with Crippen molar-refractivity contribution in [2.45, 2.75) is 6.61 Å². The molecule has 2 aromatic rings. The molecule has 6 heteroatoms. The molecule has 19 heavy (non-hydrogen) atoms. The molecule has 0 fully saturated rings. The van der Waals surface area contributed by atoms with Crippen LogP contribution in [0.4, 0.5) is 8.78 Å². The fourth-order valence-corrected chi connectivity index (χ4v) is 1.50. The second-order valence-electron chi connectivity index (χ2n) is 3.61. The summed E-state index contributed by atoms with van der Waals surface area (Å²) in [6, 6.07) is 8.28. The van der Waals surface area contributed by atoms with Crippen LogP contribution in [0.25, 0.3) is 0 Å². The molecule has 0 atom stereocenters. The Hall–Kier alpha value is -2.50. The lowest BCUT2D eigenvalue weighted by Crippen LogP contribution is -2.05. The molecular weight excluding hydrogens is 256 g/mol. The molecule has 0 aliphatic heterocycles. The highest BCUT2D eigenvalue weighted by Crippen LogP contribution is 2.28. The van der Waals surface area contributed by atoms with E-state index in [1.54, 1.807) is 12.1 Å². The van der Waals surface area contributed by atoms with Crippen molar-refractivity contribution in [2.24, 2.45) is 0 Å². The van der Waals surface area contributed by atoms with E-state index in [0.717, 1.165) is 12.1 Å². The fraction of sp³-hybridized carbons (Fsp3) is 0.0769. The first-order valence-corrected chi connectivity index (χ1v) is 5.31. The third kappa shape index (κ3) is 3.04. The van der Waals surface area contributed by atoms with E-state index < -0.39 is 18.1 Å². The standard InChI is InChI=1S/C13H9F2NO3/c14-13(15)19-11-5-4-8(7-10(11)17)12(18)9-3-1-2-6-16-9/h1-7,13,17H. The number of carbonyl (C=O) groups is 1. The molecule has 0 aliphatic carbocycles. The minimum absolute atomic E-state index is 0.137. The van der Waals surface area contributed by atoms with Gasteiger partial charge in [0.05, 0.1) is 0 Å². The lowest BCUT2D eigenvalue weighted by molar-refractivity contribution is -0.0512. The Morgan fingerprint density at radius 1 is 1.26 bits per heavy atom. The summed E-state index contributed by atoms with van der Waals surface area (Å²) in [6.07, 6.45) is 1.46. The summed E-state index contributed by atoms with van der Waals surface area (Å²) in [6.45, 7) is -3.04. The van der Waals surface area contributed by atoms with Gasteiger partial charge in [-0.3, -0.25) is 9.78 Å². The van der Waals surface area contributed by atoms with E-state index in [0.29, 0.717) is 0 Å². The minimum atomic E-state index is -3.04. The Labute approximate surface area is 107 Å².